The van der Waals surface area contributed by atoms with E-state index in [0.29, 0.717) is 22.2 Å². The van der Waals surface area contributed by atoms with Crippen LogP contribution < -0.4 is 92.1 Å². The molecule has 5 aromatic rings. The second-order valence-electron chi connectivity index (χ2n) is 27.7. The van der Waals surface area contributed by atoms with E-state index in [1.165, 1.54) is 31.3 Å². The first kappa shape index (κ1) is 93.7. The molecule has 0 unspecified atom stereocenters. The minimum absolute atomic E-state index is 0.0923. The zero-order valence-corrected chi connectivity index (χ0v) is 65.7. The highest BCUT2D eigenvalue weighted by Crippen LogP contribution is 2.25. The van der Waals surface area contributed by atoms with Gasteiger partial charge in [-0.3, -0.25) is 67.1 Å². The Kier molecular flexibility index (Phi) is 38.5. The fraction of sp³-hybridized carbons (Fsp3) is 0.461. The number of hydrogen-bond acceptors (Lipinski definition) is 23. The van der Waals surface area contributed by atoms with Crippen LogP contribution >= 0.6 is 21.6 Å². The summed E-state index contributed by atoms with van der Waals surface area (Å²) in [4.78, 5) is 217. The minimum atomic E-state index is -2.00. The van der Waals surface area contributed by atoms with Crippen LogP contribution in [-0.2, 0) is 97.6 Å². The van der Waals surface area contributed by atoms with E-state index in [4.69, 9.17) is 22.9 Å². The third-order valence-corrected chi connectivity index (χ3v) is 20.8. The number of unbranched alkanes of at least 4 members (excludes halogenated alkanes) is 2. The zero-order chi connectivity index (χ0) is 85.1. The summed E-state index contributed by atoms with van der Waals surface area (Å²) in [5, 5.41) is 75.3. The van der Waals surface area contributed by atoms with Crippen molar-refractivity contribution in [3.63, 3.8) is 0 Å². The molecule has 14 amide bonds. The number of aliphatic carboxylic acids is 1. The molecular formula is C76H103FN18O19S2. The molecule has 0 saturated carbocycles. The van der Waals surface area contributed by atoms with Gasteiger partial charge in [-0.25, -0.2) is 9.18 Å². The van der Waals surface area contributed by atoms with Crippen LogP contribution in [0.1, 0.15) is 88.0 Å². The van der Waals surface area contributed by atoms with Gasteiger partial charge in [-0.15, -0.1) is 0 Å². The maximum Gasteiger partial charge on any atom is 0.327 e. The highest BCUT2D eigenvalue weighted by atomic mass is 33.1. The van der Waals surface area contributed by atoms with Crippen LogP contribution in [0.25, 0.3) is 10.9 Å². The van der Waals surface area contributed by atoms with Gasteiger partial charge >= 0.3 is 5.97 Å². The number of nitrogens with one attached hydrogen (secondary N) is 14. The van der Waals surface area contributed by atoms with Gasteiger partial charge in [-0.05, 0) is 113 Å². The van der Waals surface area contributed by atoms with Crippen molar-refractivity contribution >= 4 is 121 Å². The lowest BCUT2D eigenvalue weighted by molar-refractivity contribution is -0.142. The number of aliphatic hydroxyl groups excluding tert-OH is 3. The number of carbonyl (C=O) groups is 15. The SMILES string of the molecule is C[C@H](N)C(=O)NCC(=O)N[C@H]1CSSC[C@@H](C(=O)O)NC(=O)[C@H](CO)NC(=O)[C@H]([C@@H](C)O)NC(=O)[C@H](Cc2ccccc2)NC(=O)[C@H]([C@@H](C)O)NC(=O)[C@H](CCCCN)NC(=O)[C@H](Cc2c[nH]c3ccc(F)cc23)NC(=O)[C@H](Cc2ccccc2)NC(=O)[C@H](Cc2ccccc2)NC(=O)[C@H](CC(N)=O)NC(=O)[C@H](CCCCN)NC1=O. The van der Waals surface area contributed by atoms with Gasteiger partial charge in [0.15, 0.2) is 0 Å². The molecule has 1 fully saturated rings. The summed E-state index contributed by atoms with van der Waals surface area (Å²) in [6.07, 6.45) is -4.14. The van der Waals surface area contributed by atoms with E-state index in [1.54, 1.807) is 91.0 Å². The van der Waals surface area contributed by atoms with Crippen molar-refractivity contribution in [3.8, 4) is 0 Å². The average Bonchev–Trinajstić information content (AvgIpc) is 1.65. The largest absolute Gasteiger partial charge is 0.480 e. The topological polar surface area (TPSA) is 613 Å². The average molecular weight is 1660 g/mol. The van der Waals surface area contributed by atoms with E-state index in [1.807, 2.05) is 0 Å². The minimum Gasteiger partial charge on any atom is -0.480 e. The number of carbonyl (C=O) groups excluding carboxylic acids is 14. The lowest BCUT2D eigenvalue weighted by Crippen LogP contribution is -2.63. The summed E-state index contributed by atoms with van der Waals surface area (Å²) in [6.45, 7) is 1.77. The van der Waals surface area contributed by atoms with Crippen LogP contribution in [0.4, 0.5) is 4.39 Å². The molecule has 26 N–H and O–H groups in total. The number of benzene rings is 4. The summed E-state index contributed by atoms with van der Waals surface area (Å²) in [7, 11) is 1.47. The number of hydrogen-bond donors (Lipinski definition) is 22. The van der Waals surface area contributed by atoms with Crippen molar-refractivity contribution in [2.45, 2.75) is 182 Å². The second-order valence-corrected chi connectivity index (χ2v) is 30.3. The number of aromatic amines is 1. The summed E-state index contributed by atoms with van der Waals surface area (Å²) in [5.41, 5.74) is 25.0. The van der Waals surface area contributed by atoms with Gasteiger partial charge in [0, 0.05) is 54.3 Å². The van der Waals surface area contributed by atoms with Gasteiger partial charge in [-0.2, -0.15) is 0 Å². The molecule has 0 radical (unpaired) electrons. The molecule has 630 valence electrons. The number of nitrogens with two attached hydrogens (primary N) is 4. The number of aromatic nitrogens is 1. The van der Waals surface area contributed by atoms with Crippen LogP contribution in [0.5, 0.6) is 0 Å². The Bertz CT molecular complexity index is 4190. The van der Waals surface area contributed by atoms with Gasteiger partial charge in [0.05, 0.1) is 37.8 Å². The number of H-pyrrole nitrogens is 1. The molecule has 0 spiro atoms. The van der Waals surface area contributed by atoms with Crippen LogP contribution in [0, 0.1) is 5.82 Å². The van der Waals surface area contributed by atoms with Crippen molar-refractivity contribution in [2.75, 3.05) is 37.7 Å². The number of primary amides is 1. The first-order chi connectivity index (χ1) is 55.3. The number of halogens is 1. The fourth-order valence-corrected chi connectivity index (χ4v) is 14.3. The molecule has 1 aromatic heterocycles. The van der Waals surface area contributed by atoms with E-state index in [-0.39, 0.29) is 81.8 Å². The lowest BCUT2D eigenvalue weighted by Gasteiger charge is -2.29. The van der Waals surface area contributed by atoms with E-state index in [0.717, 1.165) is 35.4 Å². The molecule has 1 saturated heterocycles. The predicted octanol–water partition coefficient (Wildman–Crippen LogP) is -4.77. The maximum atomic E-state index is 15.4. The van der Waals surface area contributed by atoms with Gasteiger partial charge < -0.3 is 117 Å². The highest BCUT2D eigenvalue weighted by Gasteiger charge is 2.40. The molecule has 2 heterocycles. The standard InChI is InChI=1S/C76H103FN18O19S2/c1-40(80)64(101)83-36-61(100)84-58-38-115-116-39-59(76(113)114)93-72(109)57(37-96)92-75(112)63(42(3)98)95-71(108)54(31-45-21-11-6-12-22-45)91-74(111)62(41(2)97)94-66(103)51(24-14-16-28-79)85-69(106)55(32-46-35-82-49-26-25-47(77)33-48(46)49)89-68(105)53(30-44-19-9-5-10-20-44)87-67(104)52(29-43-17-7-4-8-18-43)88-70(107)56(34-60(81)99)90-65(102)50(86-73(58)110)23-13-15-27-78/h4-12,17-22,25-26,33,35,40-42,50-59,62-63,82,96-98H,13-16,23-24,27-32,34,36-39,78-80H2,1-3H3,(H2,81,99)(H,83,101)(H,84,100)(H,85,106)(H,86,110)(H,87,104)(H,88,107)(H,89,105)(H,90,102)(H,91,111)(H,92,112)(H,93,109)(H,94,103)(H,95,108)(H,113,114)/t40-,41+,42+,50-,51-,52-,53-,54-,55-,56-,57-,58-,59-,62-,63-/m0/s1. The smallest absolute Gasteiger partial charge is 0.327 e. The predicted molar refractivity (Wildman–Crippen MR) is 425 cm³/mol. The van der Waals surface area contributed by atoms with Crippen molar-refractivity contribution in [1.82, 2.24) is 74.1 Å². The Morgan fingerprint density at radius 1 is 0.500 bits per heavy atom. The van der Waals surface area contributed by atoms with Gasteiger partial charge in [0.25, 0.3) is 0 Å². The molecule has 37 nitrogen and oxygen atoms in total. The van der Waals surface area contributed by atoms with E-state index in [2.05, 4.69) is 74.1 Å². The lowest BCUT2D eigenvalue weighted by atomic mass is 10.00. The van der Waals surface area contributed by atoms with Gasteiger partial charge in [-0.1, -0.05) is 113 Å². The molecule has 40 heteroatoms. The second kappa shape index (κ2) is 47.6. The summed E-state index contributed by atoms with van der Waals surface area (Å²) in [6, 6.07) is 5.56. The number of fused-ring (bicyclic) bond motifs is 1. The molecule has 6 rings (SSSR count). The third kappa shape index (κ3) is 30.6. The quantitative estimate of drug-likeness (QED) is 0.0183. The van der Waals surface area contributed by atoms with Crippen molar-refractivity contribution in [2.24, 2.45) is 22.9 Å². The Balaban J connectivity index is 1.48. The van der Waals surface area contributed by atoms with E-state index in [9.17, 15) is 78.0 Å². The summed E-state index contributed by atoms with van der Waals surface area (Å²) < 4.78 is 15.1. The third-order valence-electron chi connectivity index (χ3n) is 18.3. The van der Waals surface area contributed by atoms with Crippen molar-refractivity contribution in [1.29, 1.82) is 0 Å². The van der Waals surface area contributed by atoms with Crippen LogP contribution in [0.2, 0.25) is 0 Å². The number of carboxylic acid groups (broad SMARTS) is 1. The molecule has 116 heavy (non-hydrogen) atoms. The maximum absolute atomic E-state index is 15.4. The number of aliphatic hydroxyl groups is 3. The van der Waals surface area contributed by atoms with Crippen LogP contribution in [0.15, 0.2) is 115 Å². The van der Waals surface area contributed by atoms with Crippen molar-refractivity contribution < 1.29 is 96.7 Å². The Morgan fingerprint density at radius 2 is 0.897 bits per heavy atom. The number of amides is 14. The van der Waals surface area contributed by atoms with E-state index >= 15 is 18.8 Å². The zero-order valence-electron chi connectivity index (χ0n) is 64.1. The number of carboxylic acids is 1. The summed E-state index contributed by atoms with van der Waals surface area (Å²) in [5.74, 6) is -18.9. The Morgan fingerprint density at radius 3 is 1.34 bits per heavy atom. The monoisotopic (exact) mass is 1650 g/mol. The Labute approximate surface area is 675 Å². The van der Waals surface area contributed by atoms with Crippen LogP contribution in [-0.4, -0.2) is 243 Å². The van der Waals surface area contributed by atoms with E-state index < -0.39 is 223 Å². The van der Waals surface area contributed by atoms with Crippen molar-refractivity contribution in [3.05, 3.63) is 143 Å². The highest BCUT2D eigenvalue weighted by molar-refractivity contribution is 8.76. The fourth-order valence-electron chi connectivity index (χ4n) is 12.0. The summed E-state index contributed by atoms with van der Waals surface area (Å²) >= 11 is 0. The van der Waals surface area contributed by atoms with Crippen LogP contribution in [0.3, 0.4) is 0 Å². The Hall–Kier alpha value is -11.1. The molecule has 0 aliphatic carbocycles. The van der Waals surface area contributed by atoms with Gasteiger partial charge in [0.2, 0.25) is 82.7 Å². The number of rotatable bonds is 26. The molecule has 1 aliphatic rings. The molecule has 4 aromatic carbocycles. The molecule has 1 aliphatic heterocycles. The first-order valence-corrected chi connectivity index (χ1v) is 39.9. The first-order valence-electron chi connectivity index (χ1n) is 37.5. The van der Waals surface area contributed by atoms with Gasteiger partial charge in [0.1, 0.15) is 78.3 Å². The normalized spacial score (nSPS) is 23.7. The molecular weight excluding hydrogens is 1550 g/mol. The molecule has 0 bridgehead atoms. The molecule has 15 atom stereocenters.